The summed E-state index contributed by atoms with van der Waals surface area (Å²) < 4.78 is 0. The number of rotatable bonds is 4. The Bertz CT molecular complexity index is 835. The molecule has 5 rings (SSSR count). The second-order valence-electron chi connectivity index (χ2n) is 8.37. The van der Waals surface area contributed by atoms with Gasteiger partial charge in [0.15, 0.2) is 0 Å². The van der Waals surface area contributed by atoms with E-state index < -0.39 is 0 Å². The molecule has 0 radical (unpaired) electrons. The Morgan fingerprint density at radius 1 is 1.14 bits per heavy atom. The second kappa shape index (κ2) is 8.36. The van der Waals surface area contributed by atoms with Crippen molar-refractivity contribution in [2.45, 2.75) is 37.9 Å². The third-order valence-corrected chi connectivity index (χ3v) is 6.60. The number of nitrogens with one attached hydrogen (secondary N) is 4. The van der Waals surface area contributed by atoms with Gasteiger partial charge in [-0.2, -0.15) is 0 Å². The number of aryl methyl sites for hydroxylation is 1. The number of anilines is 1. The molecule has 4 atom stereocenters. The Hall–Kier alpha value is -2.06. The highest BCUT2D eigenvalue weighted by molar-refractivity contribution is 5.40. The monoisotopic (exact) mass is 393 g/mol. The number of nitrogens with zero attached hydrogens (tertiary/aromatic N) is 3. The lowest BCUT2D eigenvalue weighted by molar-refractivity contribution is 0.265. The molecule has 0 aliphatic carbocycles. The van der Waals surface area contributed by atoms with Crippen LogP contribution in [0, 0.1) is 5.92 Å². The quantitative estimate of drug-likeness (QED) is 0.624. The molecule has 3 saturated heterocycles. The molecule has 2 aromatic rings. The molecule has 7 heteroatoms. The average Bonchev–Trinajstić information content (AvgIpc) is 3.23. The molecule has 4 unspecified atom stereocenters. The number of piperazine rings is 1. The van der Waals surface area contributed by atoms with Gasteiger partial charge < -0.3 is 15.5 Å². The fraction of sp³-hybridized carbons (Fsp3) is 0.545. The highest BCUT2D eigenvalue weighted by Gasteiger charge is 2.42. The standard InChI is InChI=1S/C22H31N7/c1-2-15-10-16(13-24-12-15)19-11-17-20(14-25-19)27-28-22(17)18-4-3-5-21(26-18)29-8-6-23-7-9-29/h3-5,10,12-13,17,19-20,22-23,25,27-28H,2,6-9,11,14H2,1H3. The van der Waals surface area contributed by atoms with Gasteiger partial charge in [-0.15, -0.1) is 0 Å². The number of hydrazine groups is 1. The Morgan fingerprint density at radius 2 is 2.03 bits per heavy atom. The first kappa shape index (κ1) is 18.9. The van der Waals surface area contributed by atoms with Crippen molar-refractivity contribution in [1.82, 2.24) is 31.5 Å². The highest BCUT2D eigenvalue weighted by atomic mass is 15.4. The van der Waals surface area contributed by atoms with Crippen molar-refractivity contribution < 1.29 is 0 Å². The Labute approximate surface area is 172 Å². The Kier molecular flexibility index (Phi) is 5.46. The molecular formula is C22H31N7. The zero-order chi connectivity index (χ0) is 19.6. The molecule has 0 amide bonds. The summed E-state index contributed by atoms with van der Waals surface area (Å²) in [5.74, 6) is 1.59. The van der Waals surface area contributed by atoms with Crippen LogP contribution in [0.15, 0.2) is 36.7 Å². The molecule has 4 N–H and O–H groups in total. The van der Waals surface area contributed by atoms with Gasteiger partial charge in [-0.3, -0.25) is 10.4 Å². The topological polar surface area (TPSA) is 77.1 Å². The van der Waals surface area contributed by atoms with E-state index in [9.17, 15) is 0 Å². The number of hydrogen-bond donors (Lipinski definition) is 4. The molecule has 0 spiro atoms. The van der Waals surface area contributed by atoms with Gasteiger partial charge in [-0.05, 0) is 36.1 Å². The Morgan fingerprint density at radius 3 is 2.90 bits per heavy atom. The van der Waals surface area contributed by atoms with Crippen LogP contribution in [-0.4, -0.2) is 48.7 Å². The molecule has 0 saturated carbocycles. The molecule has 3 aliphatic heterocycles. The minimum atomic E-state index is 0.231. The zero-order valence-electron chi connectivity index (χ0n) is 17.1. The lowest BCUT2D eigenvalue weighted by atomic mass is 9.81. The van der Waals surface area contributed by atoms with Gasteiger partial charge in [0.2, 0.25) is 0 Å². The summed E-state index contributed by atoms with van der Waals surface area (Å²) in [6, 6.07) is 9.76. The van der Waals surface area contributed by atoms with Gasteiger partial charge in [0.25, 0.3) is 0 Å². The minimum Gasteiger partial charge on any atom is -0.354 e. The van der Waals surface area contributed by atoms with Crippen LogP contribution >= 0.6 is 0 Å². The maximum absolute atomic E-state index is 5.06. The Balaban J connectivity index is 1.35. The summed E-state index contributed by atoms with van der Waals surface area (Å²) in [7, 11) is 0. The van der Waals surface area contributed by atoms with Crippen molar-refractivity contribution in [2.24, 2.45) is 5.92 Å². The van der Waals surface area contributed by atoms with Crippen LogP contribution in [0.4, 0.5) is 5.82 Å². The molecule has 7 nitrogen and oxygen atoms in total. The smallest absolute Gasteiger partial charge is 0.128 e. The highest BCUT2D eigenvalue weighted by Crippen LogP contribution is 2.38. The van der Waals surface area contributed by atoms with Gasteiger partial charge in [0.1, 0.15) is 5.82 Å². The molecule has 0 bridgehead atoms. The minimum absolute atomic E-state index is 0.231. The number of hydrogen-bond acceptors (Lipinski definition) is 7. The number of pyridine rings is 2. The fourth-order valence-electron chi connectivity index (χ4n) is 4.89. The zero-order valence-corrected chi connectivity index (χ0v) is 17.1. The second-order valence-corrected chi connectivity index (χ2v) is 8.37. The van der Waals surface area contributed by atoms with Crippen LogP contribution < -0.4 is 26.4 Å². The van der Waals surface area contributed by atoms with Crippen molar-refractivity contribution in [3.8, 4) is 0 Å². The van der Waals surface area contributed by atoms with E-state index in [0.29, 0.717) is 18.0 Å². The predicted molar refractivity (Wildman–Crippen MR) is 115 cm³/mol. The van der Waals surface area contributed by atoms with Gasteiger partial charge >= 0.3 is 0 Å². The summed E-state index contributed by atoms with van der Waals surface area (Å²) in [6.07, 6.45) is 6.09. The number of aromatic nitrogens is 2. The third-order valence-electron chi connectivity index (χ3n) is 6.60. The molecule has 154 valence electrons. The third kappa shape index (κ3) is 3.88. The molecule has 3 aliphatic rings. The van der Waals surface area contributed by atoms with Crippen LogP contribution in [0.25, 0.3) is 0 Å². The first-order valence-corrected chi connectivity index (χ1v) is 10.9. The molecule has 5 heterocycles. The van der Waals surface area contributed by atoms with E-state index in [2.05, 4.69) is 62.6 Å². The molecule has 29 heavy (non-hydrogen) atoms. The summed E-state index contributed by atoms with van der Waals surface area (Å²) in [6.45, 7) is 7.23. The SMILES string of the molecule is CCc1cncc(C2CC3C(CN2)NNC3c2cccc(N3CCNCC3)n2)c1. The van der Waals surface area contributed by atoms with Crippen LogP contribution in [0.5, 0.6) is 0 Å². The summed E-state index contributed by atoms with van der Waals surface area (Å²) in [4.78, 5) is 11.9. The molecule has 3 fully saturated rings. The number of fused-ring (bicyclic) bond motifs is 1. The van der Waals surface area contributed by atoms with Crippen LogP contribution in [-0.2, 0) is 6.42 Å². The van der Waals surface area contributed by atoms with Crippen molar-refractivity contribution >= 4 is 5.82 Å². The van der Waals surface area contributed by atoms with Crippen LogP contribution in [0.2, 0.25) is 0 Å². The summed E-state index contributed by atoms with van der Waals surface area (Å²) in [5, 5.41) is 7.13. The fourth-order valence-corrected chi connectivity index (χ4v) is 4.89. The molecular weight excluding hydrogens is 362 g/mol. The van der Waals surface area contributed by atoms with E-state index in [-0.39, 0.29) is 6.04 Å². The first-order valence-electron chi connectivity index (χ1n) is 10.9. The average molecular weight is 394 g/mol. The molecule has 0 aromatic carbocycles. The van der Waals surface area contributed by atoms with Crippen molar-refractivity contribution in [2.75, 3.05) is 37.6 Å². The summed E-state index contributed by atoms with van der Waals surface area (Å²) in [5.41, 5.74) is 10.8. The van der Waals surface area contributed by atoms with Gasteiger partial charge in [0.05, 0.1) is 11.7 Å². The van der Waals surface area contributed by atoms with E-state index in [1.807, 2.05) is 12.4 Å². The van der Waals surface area contributed by atoms with E-state index in [1.165, 1.54) is 11.1 Å². The van der Waals surface area contributed by atoms with E-state index >= 15 is 0 Å². The van der Waals surface area contributed by atoms with Crippen molar-refractivity contribution in [3.05, 3.63) is 53.5 Å². The maximum Gasteiger partial charge on any atom is 0.128 e. The molecule has 2 aromatic heterocycles. The largest absolute Gasteiger partial charge is 0.354 e. The lowest BCUT2D eigenvalue weighted by Gasteiger charge is -2.34. The normalized spacial score (nSPS) is 29.6. The van der Waals surface area contributed by atoms with E-state index in [4.69, 9.17) is 4.98 Å². The first-order chi connectivity index (χ1) is 14.3. The van der Waals surface area contributed by atoms with Gasteiger partial charge in [0, 0.05) is 63.1 Å². The number of piperidine rings is 1. The maximum atomic E-state index is 5.06. The predicted octanol–water partition coefficient (Wildman–Crippen LogP) is 1.32. The van der Waals surface area contributed by atoms with Gasteiger partial charge in [-0.25, -0.2) is 10.4 Å². The van der Waals surface area contributed by atoms with Crippen molar-refractivity contribution in [3.63, 3.8) is 0 Å². The van der Waals surface area contributed by atoms with E-state index in [0.717, 1.165) is 57.1 Å². The lowest BCUT2D eigenvalue weighted by Crippen LogP contribution is -2.46. The van der Waals surface area contributed by atoms with Crippen LogP contribution in [0.1, 0.15) is 42.2 Å². The van der Waals surface area contributed by atoms with Gasteiger partial charge in [-0.1, -0.05) is 19.1 Å². The summed E-state index contributed by atoms with van der Waals surface area (Å²) >= 11 is 0. The van der Waals surface area contributed by atoms with Crippen molar-refractivity contribution in [1.29, 1.82) is 0 Å². The van der Waals surface area contributed by atoms with E-state index in [1.54, 1.807) is 0 Å². The van der Waals surface area contributed by atoms with Crippen LogP contribution in [0.3, 0.4) is 0 Å².